The number of carbonyl (C=O) groups is 2. The number of allylic oxidation sites excluding steroid dienone is 1. The molecule has 0 radical (unpaired) electrons. The van der Waals surface area contributed by atoms with Crippen LogP contribution in [0.3, 0.4) is 0 Å². The topological polar surface area (TPSA) is 46.6 Å². The molecule has 0 bridgehead atoms. The molecule has 0 spiro atoms. The van der Waals surface area contributed by atoms with E-state index in [2.05, 4.69) is 0 Å². The third-order valence-corrected chi connectivity index (χ3v) is 3.31. The molecule has 1 heterocycles. The van der Waals surface area contributed by atoms with Crippen molar-refractivity contribution in [2.75, 3.05) is 6.54 Å². The fourth-order valence-electron chi connectivity index (χ4n) is 2.55. The van der Waals surface area contributed by atoms with Gasteiger partial charge in [0.2, 0.25) is 0 Å². The zero-order chi connectivity index (χ0) is 13.3. The maximum Gasteiger partial charge on any atom is 0.417 e. The molecule has 18 heavy (non-hydrogen) atoms. The predicted molar refractivity (Wildman–Crippen MR) is 68.1 cm³/mol. The molecule has 0 fully saturated rings. The van der Waals surface area contributed by atoms with Gasteiger partial charge in [0.25, 0.3) is 5.91 Å². The predicted octanol–water partition coefficient (Wildman–Crippen LogP) is 3.02. The summed E-state index contributed by atoms with van der Waals surface area (Å²) >= 11 is 0. The molecule has 0 aromatic carbocycles. The Morgan fingerprint density at radius 3 is 2.50 bits per heavy atom. The Morgan fingerprint density at radius 1 is 1.17 bits per heavy atom. The molecule has 2 rings (SSSR count). The Kier molecular flexibility index (Phi) is 3.46. The summed E-state index contributed by atoms with van der Waals surface area (Å²) < 4.78 is 5.30. The van der Waals surface area contributed by atoms with E-state index in [0.717, 1.165) is 37.7 Å². The normalized spacial score (nSPS) is 20.8. The first-order chi connectivity index (χ1) is 8.38. The number of hydrogen-bond donors (Lipinski definition) is 0. The van der Waals surface area contributed by atoms with Crippen molar-refractivity contribution >= 4 is 12.0 Å². The van der Waals surface area contributed by atoms with Crippen molar-refractivity contribution < 1.29 is 14.3 Å². The minimum Gasteiger partial charge on any atom is -0.443 e. The number of rotatable bonds is 0. The maximum absolute atomic E-state index is 12.3. The van der Waals surface area contributed by atoms with Crippen LogP contribution in [0, 0.1) is 0 Å². The molecule has 4 nitrogen and oxygen atoms in total. The first-order valence-corrected chi connectivity index (χ1v) is 6.64. The molecule has 0 unspecified atom stereocenters. The van der Waals surface area contributed by atoms with Gasteiger partial charge in [-0.25, -0.2) is 9.69 Å². The molecule has 1 aliphatic carbocycles. The lowest BCUT2D eigenvalue weighted by molar-refractivity contribution is -0.126. The fraction of sp³-hybridized carbons (Fsp3) is 0.714. The van der Waals surface area contributed by atoms with Gasteiger partial charge in [0.15, 0.2) is 0 Å². The first-order valence-electron chi connectivity index (χ1n) is 6.64. The van der Waals surface area contributed by atoms with Gasteiger partial charge in [0, 0.05) is 12.1 Å². The third-order valence-electron chi connectivity index (χ3n) is 3.31. The number of ether oxygens (including phenoxy) is 1. The van der Waals surface area contributed by atoms with Crippen LogP contribution in [0.4, 0.5) is 4.79 Å². The van der Waals surface area contributed by atoms with Crippen molar-refractivity contribution in [3.8, 4) is 0 Å². The quantitative estimate of drug-likeness (QED) is 0.665. The molecular formula is C14H21NO3. The molecule has 1 aliphatic heterocycles. The summed E-state index contributed by atoms with van der Waals surface area (Å²) in [7, 11) is 0. The van der Waals surface area contributed by atoms with Crippen LogP contribution >= 0.6 is 0 Å². The molecule has 100 valence electrons. The van der Waals surface area contributed by atoms with Crippen molar-refractivity contribution in [2.45, 2.75) is 58.5 Å². The molecule has 0 aromatic rings. The van der Waals surface area contributed by atoms with E-state index in [9.17, 15) is 9.59 Å². The summed E-state index contributed by atoms with van der Waals surface area (Å²) in [5, 5.41) is 0. The number of carbonyl (C=O) groups excluding carboxylic acids is 2. The van der Waals surface area contributed by atoms with Crippen LogP contribution in [0.1, 0.15) is 52.9 Å². The average Bonchev–Trinajstić information content (AvgIpc) is 2.63. The lowest BCUT2D eigenvalue weighted by Crippen LogP contribution is -2.41. The number of hydrogen-bond acceptors (Lipinski definition) is 3. The first kappa shape index (κ1) is 13.1. The van der Waals surface area contributed by atoms with Crippen LogP contribution in [0.25, 0.3) is 0 Å². The highest BCUT2D eigenvalue weighted by Gasteiger charge is 2.33. The zero-order valence-electron chi connectivity index (χ0n) is 11.4. The molecule has 0 saturated heterocycles. The van der Waals surface area contributed by atoms with Gasteiger partial charge in [0.05, 0.1) is 0 Å². The van der Waals surface area contributed by atoms with Crippen molar-refractivity contribution in [1.29, 1.82) is 0 Å². The largest absolute Gasteiger partial charge is 0.443 e. The Hall–Kier alpha value is -1.32. The van der Waals surface area contributed by atoms with Crippen LogP contribution in [0.5, 0.6) is 0 Å². The lowest BCUT2D eigenvalue weighted by Gasteiger charge is -2.25. The van der Waals surface area contributed by atoms with Crippen LogP contribution in [-0.4, -0.2) is 29.0 Å². The Bertz CT molecular complexity index is 404. The number of amides is 2. The van der Waals surface area contributed by atoms with Crippen molar-refractivity contribution in [2.24, 2.45) is 0 Å². The van der Waals surface area contributed by atoms with Crippen LogP contribution in [-0.2, 0) is 9.53 Å². The highest BCUT2D eigenvalue weighted by molar-refractivity contribution is 6.03. The number of imide groups is 1. The van der Waals surface area contributed by atoms with E-state index in [1.807, 2.05) is 20.8 Å². The van der Waals surface area contributed by atoms with Gasteiger partial charge in [-0.2, -0.15) is 0 Å². The zero-order valence-corrected chi connectivity index (χ0v) is 11.4. The van der Waals surface area contributed by atoms with Gasteiger partial charge in [-0.05, 0) is 52.9 Å². The number of nitrogens with zero attached hydrogens (tertiary/aromatic N) is 1. The second kappa shape index (κ2) is 4.75. The Labute approximate surface area is 108 Å². The minimum atomic E-state index is -0.559. The maximum atomic E-state index is 12.3. The van der Waals surface area contributed by atoms with Gasteiger partial charge < -0.3 is 4.74 Å². The fourth-order valence-corrected chi connectivity index (χ4v) is 2.55. The van der Waals surface area contributed by atoms with Crippen molar-refractivity contribution in [1.82, 2.24) is 4.90 Å². The monoisotopic (exact) mass is 251 g/mol. The molecular weight excluding hydrogens is 230 g/mol. The van der Waals surface area contributed by atoms with E-state index in [-0.39, 0.29) is 5.91 Å². The third kappa shape index (κ3) is 2.74. The standard InChI is InChI=1S/C14H21NO3/c1-14(2,3)18-13(17)15-9-5-7-10-6-4-8-11(10)12(15)16/h4-9H2,1-3H3. The Balaban J connectivity index is 2.14. The van der Waals surface area contributed by atoms with E-state index in [1.165, 1.54) is 10.5 Å². The van der Waals surface area contributed by atoms with Gasteiger partial charge in [0.1, 0.15) is 5.60 Å². The second-order valence-electron chi connectivity index (χ2n) is 5.98. The van der Waals surface area contributed by atoms with Gasteiger partial charge in [-0.3, -0.25) is 4.79 Å². The summed E-state index contributed by atoms with van der Waals surface area (Å²) in [6, 6.07) is 0. The van der Waals surface area contributed by atoms with E-state index in [1.54, 1.807) is 0 Å². The van der Waals surface area contributed by atoms with Crippen LogP contribution < -0.4 is 0 Å². The van der Waals surface area contributed by atoms with Gasteiger partial charge >= 0.3 is 6.09 Å². The molecule has 4 heteroatoms. The highest BCUT2D eigenvalue weighted by Crippen LogP contribution is 2.33. The SMILES string of the molecule is CC(C)(C)OC(=O)N1CCCC2=C(CCC2)C1=O. The van der Waals surface area contributed by atoms with E-state index >= 15 is 0 Å². The Morgan fingerprint density at radius 2 is 1.83 bits per heavy atom. The molecule has 2 aliphatic rings. The van der Waals surface area contributed by atoms with Gasteiger partial charge in [-0.15, -0.1) is 0 Å². The van der Waals surface area contributed by atoms with Crippen LogP contribution in [0.2, 0.25) is 0 Å². The summed E-state index contributed by atoms with van der Waals surface area (Å²) in [5.74, 6) is -0.130. The molecule has 0 aromatic heterocycles. The summed E-state index contributed by atoms with van der Waals surface area (Å²) in [6.07, 6.45) is 4.16. The highest BCUT2D eigenvalue weighted by atomic mass is 16.6. The smallest absolute Gasteiger partial charge is 0.417 e. The van der Waals surface area contributed by atoms with E-state index in [4.69, 9.17) is 4.74 Å². The van der Waals surface area contributed by atoms with Crippen molar-refractivity contribution in [3.63, 3.8) is 0 Å². The second-order valence-corrected chi connectivity index (χ2v) is 5.98. The van der Waals surface area contributed by atoms with Gasteiger partial charge in [-0.1, -0.05) is 5.57 Å². The minimum absolute atomic E-state index is 0.130. The average molecular weight is 251 g/mol. The lowest BCUT2D eigenvalue weighted by atomic mass is 10.1. The molecule has 0 saturated carbocycles. The van der Waals surface area contributed by atoms with E-state index < -0.39 is 11.7 Å². The van der Waals surface area contributed by atoms with Crippen molar-refractivity contribution in [3.05, 3.63) is 11.1 Å². The molecule has 0 N–H and O–H groups in total. The van der Waals surface area contributed by atoms with E-state index in [0.29, 0.717) is 6.54 Å². The molecule has 0 atom stereocenters. The molecule has 2 amide bonds. The summed E-state index contributed by atoms with van der Waals surface area (Å²) in [4.78, 5) is 25.6. The summed E-state index contributed by atoms with van der Waals surface area (Å²) in [5.41, 5.74) is 1.56. The summed E-state index contributed by atoms with van der Waals surface area (Å²) in [6.45, 7) is 5.91. The van der Waals surface area contributed by atoms with Crippen LogP contribution in [0.15, 0.2) is 11.1 Å².